The van der Waals surface area contributed by atoms with E-state index in [0.29, 0.717) is 33.8 Å². The van der Waals surface area contributed by atoms with Gasteiger partial charge in [-0.1, -0.05) is 29.8 Å². The third-order valence-electron chi connectivity index (χ3n) is 4.35. The first kappa shape index (κ1) is 20.2. The van der Waals surface area contributed by atoms with Gasteiger partial charge in [-0.15, -0.1) is 0 Å². The number of rotatable bonds is 5. The topological polar surface area (TPSA) is 92.3 Å². The Morgan fingerprint density at radius 2 is 2.00 bits per heavy atom. The van der Waals surface area contributed by atoms with Crippen LogP contribution < -0.4 is 10.1 Å². The molecule has 0 unspecified atom stereocenters. The predicted molar refractivity (Wildman–Crippen MR) is 123 cm³/mol. The minimum atomic E-state index is -2.27. The van der Waals surface area contributed by atoms with Gasteiger partial charge in [0.05, 0.1) is 35.4 Å². The molecule has 0 atom stereocenters. The van der Waals surface area contributed by atoms with E-state index in [4.69, 9.17) is 16.3 Å². The molecular formula is C21H20ClN5O2S. The first-order valence-electron chi connectivity index (χ1n) is 9.05. The Kier molecular flexibility index (Phi) is 5.36. The molecule has 4 rings (SSSR count). The maximum Gasteiger partial charge on any atom is 0.227 e. The van der Waals surface area contributed by atoms with Crippen LogP contribution in [0.2, 0.25) is 5.02 Å². The van der Waals surface area contributed by atoms with Gasteiger partial charge in [0.2, 0.25) is 5.95 Å². The molecule has 0 saturated heterocycles. The first-order chi connectivity index (χ1) is 14.3. The molecule has 2 aromatic heterocycles. The number of methoxy groups -OCH3 is 1. The fraction of sp³-hybridized carbons (Fsp3) is 0.143. The summed E-state index contributed by atoms with van der Waals surface area (Å²) < 4.78 is 21.6. The van der Waals surface area contributed by atoms with Crippen LogP contribution in [0.3, 0.4) is 0 Å². The maximum atomic E-state index is 11.9. The van der Waals surface area contributed by atoms with Crippen LogP contribution in [0, 0.1) is 0 Å². The number of H-pyrrole nitrogens is 1. The van der Waals surface area contributed by atoms with Gasteiger partial charge in [-0.2, -0.15) is 4.36 Å². The average Bonchev–Trinajstić information content (AvgIpc) is 3.13. The fourth-order valence-corrected chi connectivity index (χ4v) is 3.91. The minimum Gasteiger partial charge on any atom is -0.494 e. The number of hydrogen-bond donors (Lipinski definition) is 2. The summed E-state index contributed by atoms with van der Waals surface area (Å²) in [7, 11) is -0.716. The van der Waals surface area contributed by atoms with Crippen LogP contribution in [0.25, 0.3) is 22.2 Å². The molecule has 0 aliphatic rings. The number of nitrogens with one attached hydrogen (secondary N) is 2. The average molecular weight is 442 g/mol. The van der Waals surface area contributed by atoms with Gasteiger partial charge >= 0.3 is 0 Å². The summed E-state index contributed by atoms with van der Waals surface area (Å²) in [5.74, 6) is 0.907. The van der Waals surface area contributed by atoms with Crippen LogP contribution in [0.4, 0.5) is 17.3 Å². The van der Waals surface area contributed by atoms with E-state index < -0.39 is 9.73 Å². The molecule has 0 aliphatic heterocycles. The first-order valence-corrected chi connectivity index (χ1v) is 11.8. The zero-order valence-corrected chi connectivity index (χ0v) is 18.2. The van der Waals surface area contributed by atoms with Gasteiger partial charge in [-0.25, -0.2) is 14.2 Å². The van der Waals surface area contributed by atoms with Crippen LogP contribution in [0.5, 0.6) is 5.75 Å². The van der Waals surface area contributed by atoms with Crippen molar-refractivity contribution in [2.45, 2.75) is 0 Å². The molecule has 7 nitrogen and oxygen atoms in total. The normalized spacial score (nSPS) is 11.5. The number of hydrogen-bond acceptors (Lipinski definition) is 6. The van der Waals surface area contributed by atoms with Gasteiger partial charge in [0.15, 0.2) is 0 Å². The molecule has 2 heterocycles. The highest BCUT2D eigenvalue weighted by atomic mass is 35.5. The molecule has 0 fully saturated rings. The second kappa shape index (κ2) is 7.97. The second-order valence-electron chi connectivity index (χ2n) is 6.92. The third-order valence-corrected chi connectivity index (χ3v) is 5.27. The molecule has 0 bridgehead atoms. The monoisotopic (exact) mass is 441 g/mol. The van der Waals surface area contributed by atoms with Crippen molar-refractivity contribution in [3.8, 4) is 17.0 Å². The van der Waals surface area contributed by atoms with Crippen LogP contribution >= 0.6 is 11.6 Å². The Morgan fingerprint density at radius 1 is 1.20 bits per heavy atom. The molecule has 4 aromatic rings. The molecule has 2 N–H and O–H groups in total. The quantitative estimate of drug-likeness (QED) is 0.433. The second-order valence-corrected chi connectivity index (χ2v) is 9.87. The number of ether oxygens (including phenoxy) is 1. The van der Waals surface area contributed by atoms with Gasteiger partial charge in [0, 0.05) is 51.0 Å². The van der Waals surface area contributed by atoms with E-state index >= 15 is 0 Å². The summed E-state index contributed by atoms with van der Waals surface area (Å²) in [4.78, 5) is 12.1. The molecular weight excluding hydrogens is 422 g/mol. The molecule has 154 valence electrons. The Hall–Kier alpha value is -3.10. The lowest BCUT2D eigenvalue weighted by Crippen LogP contribution is -2.00. The van der Waals surface area contributed by atoms with E-state index in [1.54, 1.807) is 44.0 Å². The standard InChI is InChI=1S/C21H20ClN5O2S/c1-29-19-10-13(27-30(2,3)28)8-9-18(19)25-21-24-12-16(22)20(26-21)15-11-23-17-7-5-4-6-14(15)17/h4-12,23H,1-3H3,(H,24,25,26). The molecule has 0 spiro atoms. The van der Waals surface area contributed by atoms with Crippen molar-refractivity contribution < 1.29 is 8.95 Å². The molecule has 30 heavy (non-hydrogen) atoms. The highest BCUT2D eigenvalue weighted by Gasteiger charge is 2.14. The van der Waals surface area contributed by atoms with E-state index in [0.717, 1.165) is 16.5 Å². The number of halogens is 1. The fourth-order valence-electron chi connectivity index (χ4n) is 3.10. The third kappa shape index (κ3) is 4.24. The van der Waals surface area contributed by atoms with Crippen LogP contribution in [0.15, 0.2) is 59.2 Å². The summed E-state index contributed by atoms with van der Waals surface area (Å²) in [6, 6.07) is 13.2. The zero-order valence-electron chi connectivity index (χ0n) is 16.6. The maximum absolute atomic E-state index is 11.9. The summed E-state index contributed by atoms with van der Waals surface area (Å²) in [5.41, 5.74) is 3.74. The number of fused-ring (bicyclic) bond motifs is 1. The minimum absolute atomic E-state index is 0.373. The van der Waals surface area contributed by atoms with Gasteiger partial charge in [-0.3, -0.25) is 0 Å². The van der Waals surface area contributed by atoms with Crippen molar-refractivity contribution in [1.29, 1.82) is 0 Å². The Bertz CT molecular complexity index is 1350. The molecule has 9 heteroatoms. The lowest BCUT2D eigenvalue weighted by molar-refractivity contribution is 0.417. The number of benzene rings is 2. The van der Waals surface area contributed by atoms with Crippen molar-refractivity contribution >= 4 is 49.6 Å². The van der Waals surface area contributed by atoms with E-state index in [9.17, 15) is 4.21 Å². The number of para-hydroxylation sites is 1. The lowest BCUT2D eigenvalue weighted by atomic mass is 10.1. The highest BCUT2D eigenvalue weighted by molar-refractivity contribution is 7.92. The summed E-state index contributed by atoms with van der Waals surface area (Å²) in [6.07, 6.45) is 6.61. The molecule has 0 radical (unpaired) electrons. The predicted octanol–water partition coefficient (Wildman–Crippen LogP) is 5.39. The number of anilines is 2. The Balaban J connectivity index is 1.71. The number of aromatic amines is 1. The van der Waals surface area contributed by atoms with Gasteiger partial charge in [0.1, 0.15) is 5.75 Å². The van der Waals surface area contributed by atoms with Crippen molar-refractivity contribution in [2.24, 2.45) is 4.36 Å². The van der Waals surface area contributed by atoms with Gasteiger partial charge < -0.3 is 15.0 Å². The largest absolute Gasteiger partial charge is 0.494 e. The molecule has 0 amide bonds. The van der Waals surface area contributed by atoms with Crippen molar-refractivity contribution in [3.63, 3.8) is 0 Å². The van der Waals surface area contributed by atoms with E-state index in [1.807, 2.05) is 30.5 Å². The summed E-state index contributed by atoms with van der Waals surface area (Å²) in [6.45, 7) is 0. The molecule has 0 aliphatic carbocycles. The summed E-state index contributed by atoms with van der Waals surface area (Å²) in [5, 5.41) is 4.64. The lowest BCUT2D eigenvalue weighted by Gasteiger charge is -2.12. The number of aromatic nitrogens is 3. The van der Waals surface area contributed by atoms with Crippen LogP contribution in [0.1, 0.15) is 0 Å². The number of nitrogens with zero attached hydrogens (tertiary/aromatic N) is 3. The molecule has 0 saturated carbocycles. The Morgan fingerprint density at radius 3 is 2.77 bits per heavy atom. The highest BCUT2D eigenvalue weighted by Crippen LogP contribution is 2.34. The van der Waals surface area contributed by atoms with E-state index in [-0.39, 0.29) is 0 Å². The Labute approximate surface area is 179 Å². The zero-order chi connectivity index (χ0) is 21.3. The van der Waals surface area contributed by atoms with Gasteiger partial charge in [-0.05, 0) is 18.2 Å². The summed E-state index contributed by atoms with van der Waals surface area (Å²) >= 11 is 6.40. The van der Waals surface area contributed by atoms with Crippen LogP contribution in [-0.4, -0.2) is 38.8 Å². The van der Waals surface area contributed by atoms with Crippen molar-refractivity contribution in [2.75, 3.05) is 24.9 Å². The molecule has 2 aromatic carbocycles. The van der Waals surface area contributed by atoms with Gasteiger partial charge in [0.25, 0.3) is 0 Å². The van der Waals surface area contributed by atoms with E-state index in [2.05, 4.69) is 24.6 Å². The SMILES string of the molecule is COc1cc(N=S(C)(C)=O)ccc1Nc1ncc(Cl)c(-c2c[nH]c3ccccc23)n1. The van der Waals surface area contributed by atoms with Crippen molar-refractivity contribution in [1.82, 2.24) is 15.0 Å². The smallest absolute Gasteiger partial charge is 0.227 e. The van der Waals surface area contributed by atoms with E-state index in [1.165, 1.54) is 0 Å². The van der Waals surface area contributed by atoms with Crippen LogP contribution in [-0.2, 0) is 9.73 Å². The van der Waals surface area contributed by atoms with Crippen molar-refractivity contribution in [3.05, 3.63) is 59.9 Å².